The third-order valence-corrected chi connectivity index (χ3v) is 2.72. The average Bonchev–Trinajstić information content (AvgIpc) is 3.04. The Kier molecular flexibility index (Phi) is 5.20. The second-order valence-corrected chi connectivity index (χ2v) is 7.00. The van der Waals surface area contributed by atoms with Gasteiger partial charge in [-0.1, -0.05) is 0 Å². The molecule has 1 fully saturated rings. The molecule has 0 saturated heterocycles. The van der Waals surface area contributed by atoms with Crippen LogP contribution in [-0.4, -0.2) is 29.0 Å². The van der Waals surface area contributed by atoms with Crippen LogP contribution in [0.1, 0.15) is 53.9 Å². The fourth-order valence-corrected chi connectivity index (χ4v) is 1.65. The second kappa shape index (κ2) is 6.32. The molecule has 0 aromatic rings. The first kappa shape index (κ1) is 17.3. The van der Waals surface area contributed by atoms with E-state index in [-0.39, 0.29) is 24.2 Å². The SMILES string of the molecule is CC(C)(CC(=O)NNC(=O)C1CC1)NC(=O)OC(C)(C)C. The maximum atomic E-state index is 11.8. The summed E-state index contributed by atoms with van der Waals surface area (Å²) in [6, 6.07) is 0. The van der Waals surface area contributed by atoms with Gasteiger partial charge in [0.1, 0.15) is 5.60 Å². The Labute approximate surface area is 125 Å². The zero-order chi connectivity index (χ0) is 16.3. The van der Waals surface area contributed by atoms with Gasteiger partial charge in [-0.05, 0) is 47.5 Å². The lowest BCUT2D eigenvalue weighted by atomic mass is 10.0. The summed E-state index contributed by atoms with van der Waals surface area (Å²) in [5.41, 5.74) is 3.35. The number of hydrazine groups is 1. The van der Waals surface area contributed by atoms with Gasteiger partial charge in [-0.3, -0.25) is 20.4 Å². The molecule has 3 amide bonds. The van der Waals surface area contributed by atoms with Crippen LogP contribution in [0.4, 0.5) is 4.79 Å². The highest BCUT2D eigenvalue weighted by Gasteiger charge is 2.31. The Balaban J connectivity index is 2.34. The standard InChI is InChI=1S/C14H25N3O4/c1-13(2,3)21-12(20)15-14(4,5)8-10(18)16-17-11(19)9-6-7-9/h9H,6-8H2,1-5H3,(H,15,20)(H,16,18)(H,17,19). The van der Waals surface area contributed by atoms with Gasteiger partial charge >= 0.3 is 6.09 Å². The molecule has 7 heteroatoms. The Bertz CT molecular complexity index is 422. The summed E-state index contributed by atoms with van der Waals surface area (Å²) >= 11 is 0. The van der Waals surface area contributed by atoms with Crippen molar-refractivity contribution in [2.75, 3.05) is 0 Å². The van der Waals surface area contributed by atoms with Gasteiger partial charge in [0, 0.05) is 11.5 Å². The average molecular weight is 299 g/mol. The number of hydrogen-bond acceptors (Lipinski definition) is 4. The predicted molar refractivity (Wildman–Crippen MR) is 77.1 cm³/mol. The van der Waals surface area contributed by atoms with Crippen molar-refractivity contribution in [3.63, 3.8) is 0 Å². The van der Waals surface area contributed by atoms with Gasteiger partial charge < -0.3 is 10.1 Å². The molecular formula is C14H25N3O4. The summed E-state index contributed by atoms with van der Waals surface area (Å²) in [5, 5.41) is 2.63. The minimum atomic E-state index is -0.781. The van der Waals surface area contributed by atoms with Gasteiger partial charge in [-0.25, -0.2) is 4.79 Å². The maximum Gasteiger partial charge on any atom is 0.408 e. The number of amides is 3. The largest absolute Gasteiger partial charge is 0.444 e. The molecule has 0 aromatic heterocycles. The summed E-state index contributed by atoms with van der Waals surface area (Å²) in [6.45, 7) is 8.71. The monoisotopic (exact) mass is 299 g/mol. The number of rotatable bonds is 4. The lowest BCUT2D eigenvalue weighted by Crippen LogP contribution is -2.51. The van der Waals surface area contributed by atoms with Gasteiger partial charge in [0.15, 0.2) is 0 Å². The van der Waals surface area contributed by atoms with E-state index in [4.69, 9.17) is 4.74 Å². The van der Waals surface area contributed by atoms with Crippen molar-refractivity contribution in [2.45, 2.75) is 65.0 Å². The summed E-state index contributed by atoms with van der Waals surface area (Å²) < 4.78 is 5.14. The molecule has 0 heterocycles. The third-order valence-electron chi connectivity index (χ3n) is 2.72. The van der Waals surface area contributed by atoms with E-state index in [1.165, 1.54) is 0 Å². The molecule has 0 atom stereocenters. The van der Waals surface area contributed by atoms with Crippen LogP contribution in [0.15, 0.2) is 0 Å². The van der Waals surface area contributed by atoms with Gasteiger partial charge in [0.2, 0.25) is 11.8 Å². The van der Waals surface area contributed by atoms with Crippen molar-refractivity contribution in [2.24, 2.45) is 5.92 Å². The lowest BCUT2D eigenvalue weighted by molar-refractivity contribution is -0.130. The first-order valence-electron chi connectivity index (χ1n) is 7.08. The smallest absolute Gasteiger partial charge is 0.408 e. The topological polar surface area (TPSA) is 96.5 Å². The number of ether oxygens (including phenoxy) is 1. The summed E-state index contributed by atoms with van der Waals surface area (Å²) in [4.78, 5) is 34.8. The van der Waals surface area contributed by atoms with Crippen LogP contribution in [0.2, 0.25) is 0 Å². The van der Waals surface area contributed by atoms with E-state index >= 15 is 0 Å². The second-order valence-electron chi connectivity index (χ2n) is 7.00. The van der Waals surface area contributed by atoms with E-state index < -0.39 is 17.2 Å². The van der Waals surface area contributed by atoms with E-state index in [0.717, 1.165) is 12.8 Å². The molecule has 0 unspecified atom stereocenters. The highest BCUT2D eigenvalue weighted by Crippen LogP contribution is 2.28. The Hall–Kier alpha value is -1.79. The van der Waals surface area contributed by atoms with Crippen LogP contribution >= 0.6 is 0 Å². The quantitative estimate of drug-likeness (QED) is 0.680. The van der Waals surface area contributed by atoms with Crippen LogP contribution in [0.25, 0.3) is 0 Å². The molecule has 0 bridgehead atoms. The molecule has 1 aliphatic rings. The van der Waals surface area contributed by atoms with Crippen molar-refractivity contribution >= 4 is 17.9 Å². The van der Waals surface area contributed by atoms with Gasteiger partial charge in [0.05, 0.1) is 6.42 Å². The van der Waals surface area contributed by atoms with Crippen molar-refractivity contribution in [3.05, 3.63) is 0 Å². The molecule has 120 valence electrons. The molecule has 1 aliphatic carbocycles. The molecular weight excluding hydrogens is 274 g/mol. The first-order chi connectivity index (χ1) is 9.48. The molecule has 0 spiro atoms. The van der Waals surface area contributed by atoms with Crippen molar-refractivity contribution in [1.82, 2.24) is 16.2 Å². The minimum Gasteiger partial charge on any atom is -0.444 e. The highest BCUT2D eigenvalue weighted by atomic mass is 16.6. The van der Waals surface area contributed by atoms with E-state index in [0.29, 0.717) is 0 Å². The first-order valence-corrected chi connectivity index (χ1v) is 7.08. The van der Waals surface area contributed by atoms with Crippen LogP contribution < -0.4 is 16.2 Å². The van der Waals surface area contributed by atoms with E-state index in [1.54, 1.807) is 34.6 Å². The fraction of sp³-hybridized carbons (Fsp3) is 0.786. The zero-order valence-electron chi connectivity index (χ0n) is 13.3. The summed E-state index contributed by atoms with van der Waals surface area (Å²) in [7, 11) is 0. The van der Waals surface area contributed by atoms with Crippen molar-refractivity contribution < 1.29 is 19.1 Å². The number of carbonyl (C=O) groups excluding carboxylic acids is 3. The van der Waals surface area contributed by atoms with Crippen molar-refractivity contribution in [1.29, 1.82) is 0 Å². The van der Waals surface area contributed by atoms with E-state index in [1.807, 2.05) is 0 Å². The number of hydrogen-bond donors (Lipinski definition) is 3. The van der Waals surface area contributed by atoms with E-state index in [2.05, 4.69) is 16.2 Å². The zero-order valence-corrected chi connectivity index (χ0v) is 13.3. The van der Waals surface area contributed by atoms with Crippen LogP contribution in [-0.2, 0) is 14.3 Å². The third kappa shape index (κ3) is 7.53. The van der Waals surface area contributed by atoms with Gasteiger partial charge in [-0.15, -0.1) is 0 Å². The maximum absolute atomic E-state index is 11.8. The van der Waals surface area contributed by atoms with Crippen LogP contribution in [0.5, 0.6) is 0 Å². The number of alkyl carbamates (subject to hydrolysis) is 1. The van der Waals surface area contributed by atoms with Crippen LogP contribution in [0, 0.1) is 5.92 Å². The molecule has 21 heavy (non-hydrogen) atoms. The molecule has 3 N–H and O–H groups in total. The lowest BCUT2D eigenvalue weighted by Gasteiger charge is -2.28. The Morgan fingerprint density at radius 2 is 1.62 bits per heavy atom. The molecule has 0 radical (unpaired) electrons. The Morgan fingerprint density at radius 1 is 1.05 bits per heavy atom. The molecule has 1 saturated carbocycles. The van der Waals surface area contributed by atoms with Crippen LogP contribution in [0.3, 0.4) is 0 Å². The Morgan fingerprint density at radius 3 is 2.10 bits per heavy atom. The van der Waals surface area contributed by atoms with E-state index in [9.17, 15) is 14.4 Å². The highest BCUT2D eigenvalue weighted by molar-refractivity contribution is 5.85. The molecule has 7 nitrogen and oxygen atoms in total. The summed E-state index contributed by atoms with van der Waals surface area (Å²) in [6.07, 6.45) is 1.18. The molecule has 1 rings (SSSR count). The molecule has 0 aromatic carbocycles. The van der Waals surface area contributed by atoms with Gasteiger partial charge in [-0.2, -0.15) is 0 Å². The van der Waals surface area contributed by atoms with Crippen molar-refractivity contribution in [3.8, 4) is 0 Å². The summed E-state index contributed by atoms with van der Waals surface area (Å²) in [5.74, 6) is -0.510. The molecule has 0 aliphatic heterocycles. The minimum absolute atomic E-state index is 0.0250. The fourth-order valence-electron chi connectivity index (χ4n) is 1.65. The normalized spacial score (nSPS) is 15.1. The number of carbonyl (C=O) groups is 3. The predicted octanol–water partition coefficient (Wildman–Crippen LogP) is 1.24. The number of nitrogens with one attached hydrogen (secondary N) is 3. The van der Waals surface area contributed by atoms with Gasteiger partial charge in [0.25, 0.3) is 0 Å².